The summed E-state index contributed by atoms with van der Waals surface area (Å²) in [5.74, 6) is 0.803. The second-order valence-corrected chi connectivity index (χ2v) is 11.6. The minimum absolute atomic E-state index is 0.189. The molecule has 0 heterocycles. The van der Waals surface area contributed by atoms with E-state index in [2.05, 4.69) is 13.8 Å². The highest BCUT2D eigenvalue weighted by atomic mass is 16.5. The summed E-state index contributed by atoms with van der Waals surface area (Å²) in [7, 11) is 0. The highest BCUT2D eigenvalue weighted by Crippen LogP contribution is 2.40. The Hall–Kier alpha value is -2.36. The van der Waals surface area contributed by atoms with E-state index < -0.39 is 0 Å². The van der Waals surface area contributed by atoms with Crippen LogP contribution < -0.4 is 9.47 Å². The van der Waals surface area contributed by atoms with Crippen molar-refractivity contribution in [1.82, 2.24) is 0 Å². The smallest absolute Gasteiger partial charge is 0.311 e. The van der Waals surface area contributed by atoms with Crippen LogP contribution in [0.5, 0.6) is 11.5 Å². The molecular weight excluding hydrogens is 496 g/mol. The Bertz CT molecular complexity index is 929. The van der Waals surface area contributed by atoms with Crippen molar-refractivity contribution < 1.29 is 19.1 Å². The molecular formula is C36H56O4. The van der Waals surface area contributed by atoms with Crippen molar-refractivity contribution in [2.24, 2.45) is 0 Å². The minimum Gasteiger partial charge on any atom is -0.426 e. The van der Waals surface area contributed by atoms with Crippen LogP contribution in [-0.4, -0.2) is 11.9 Å². The van der Waals surface area contributed by atoms with Crippen LogP contribution in [0, 0.1) is 13.8 Å². The Morgan fingerprint density at radius 1 is 0.500 bits per heavy atom. The number of ether oxygens (including phenoxy) is 2. The summed E-state index contributed by atoms with van der Waals surface area (Å²) in [5, 5.41) is 1.63. The van der Waals surface area contributed by atoms with E-state index in [0.717, 1.165) is 47.6 Å². The molecule has 0 N–H and O–H groups in total. The normalized spacial score (nSPS) is 11.2. The van der Waals surface area contributed by atoms with Crippen molar-refractivity contribution in [2.75, 3.05) is 0 Å². The van der Waals surface area contributed by atoms with E-state index in [1.54, 1.807) is 0 Å². The monoisotopic (exact) mass is 552 g/mol. The van der Waals surface area contributed by atoms with Crippen molar-refractivity contribution >= 4 is 22.7 Å². The van der Waals surface area contributed by atoms with E-state index in [-0.39, 0.29) is 11.9 Å². The number of fused-ring (bicyclic) bond motifs is 1. The maximum atomic E-state index is 12.7. The lowest BCUT2D eigenvalue weighted by atomic mass is 9.99. The first-order valence-corrected chi connectivity index (χ1v) is 16.4. The molecule has 0 atom stereocenters. The zero-order chi connectivity index (χ0) is 29.0. The number of benzene rings is 2. The Labute approximate surface area is 244 Å². The van der Waals surface area contributed by atoms with Crippen LogP contribution in [0.25, 0.3) is 10.8 Å². The average molecular weight is 553 g/mol. The van der Waals surface area contributed by atoms with Gasteiger partial charge in [0, 0.05) is 23.6 Å². The third kappa shape index (κ3) is 12.4. The molecule has 0 aliphatic carbocycles. The second-order valence-electron chi connectivity index (χ2n) is 11.6. The Balaban J connectivity index is 1.86. The van der Waals surface area contributed by atoms with Gasteiger partial charge in [-0.3, -0.25) is 9.59 Å². The van der Waals surface area contributed by atoms with Crippen LogP contribution in [0.4, 0.5) is 0 Å². The molecule has 0 aromatic heterocycles. The zero-order valence-electron chi connectivity index (χ0n) is 26.1. The Morgan fingerprint density at radius 2 is 0.800 bits per heavy atom. The van der Waals surface area contributed by atoms with Crippen molar-refractivity contribution in [2.45, 2.75) is 156 Å². The fraction of sp³-hybridized carbons (Fsp3) is 0.667. The highest BCUT2D eigenvalue weighted by Gasteiger charge is 2.20. The molecule has 224 valence electrons. The molecule has 0 aliphatic rings. The first-order chi connectivity index (χ1) is 19.5. The molecule has 0 radical (unpaired) electrons. The quantitative estimate of drug-likeness (QED) is 0.0828. The van der Waals surface area contributed by atoms with E-state index in [0.29, 0.717) is 24.3 Å². The number of hydrogen-bond acceptors (Lipinski definition) is 4. The highest BCUT2D eigenvalue weighted by molar-refractivity contribution is 5.98. The van der Waals surface area contributed by atoms with Crippen molar-refractivity contribution in [3.63, 3.8) is 0 Å². The summed E-state index contributed by atoms with van der Waals surface area (Å²) >= 11 is 0. The van der Waals surface area contributed by atoms with Gasteiger partial charge in [-0.15, -0.1) is 0 Å². The summed E-state index contributed by atoms with van der Waals surface area (Å²) in [5.41, 5.74) is 1.70. The predicted octanol–water partition coefficient (Wildman–Crippen LogP) is 11.1. The van der Waals surface area contributed by atoms with E-state index in [4.69, 9.17) is 9.47 Å². The fourth-order valence-corrected chi connectivity index (χ4v) is 5.38. The first-order valence-electron chi connectivity index (χ1n) is 16.4. The molecule has 0 amide bonds. The summed E-state index contributed by atoms with van der Waals surface area (Å²) in [6.45, 7) is 8.38. The predicted molar refractivity (Wildman–Crippen MR) is 168 cm³/mol. The van der Waals surface area contributed by atoms with Gasteiger partial charge in [0.15, 0.2) is 0 Å². The molecule has 0 fully saturated rings. The van der Waals surface area contributed by atoms with E-state index in [9.17, 15) is 9.59 Å². The van der Waals surface area contributed by atoms with E-state index >= 15 is 0 Å². The van der Waals surface area contributed by atoms with Crippen molar-refractivity contribution in [1.29, 1.82) is 0 Å². The number of hydrogen-bond donors (Lipinski definition) is 0. The molecule has 4 nitrogen and oxygen atoms in total. The minimum atomic E-state index is -0.189. The second kappa shape index (κ2) is 20.5. The zero-order valence-corrected chi connectivity index (χ0v) is 26.1. The summed E-state index contributed by atoms with van der Waals surface area (Å²) < 4.78 is 11.9. The van der Waals surface area contributed by atoms with Gasteiger partial charge < -0.3 is 9.47 Å². The Kier molecular flexibility index (Phi) is 17.4. The number of carbonyl (C=O) groups is 2. The van der Waals surface area contributed by atoms with Crippen LogP contribution >= 0.6 is 0 Å². The van der Waals surface area contributed by atoms with Gasteiger partial charge in [-0.25, -0.2) is 0 Å². The standard InChI is InChI=1S/C36H56O4/c1-5-7-9-11-13-15-17-19-21-27-33(37)39-35-29(3)30(4)36(32-26-24-23-25-31(32)35)40-34(38)28-22-20-18-16-14-12-10-8-6-2/h23-26H,5-22,27-28H2,1-4H3. The molecule has 0 unspecified atom stereocenters. The Morgan fingerprint density at radius 3 is 1.12 bits per heavy atom. The molecule has 0 bridgehead atoms. The fourth-order valence-electron chi connectivity index (χ4n) is 5.38. The number of esters is 2. The van der Waals surface area contributed by atoms with Gasteiger partial charge in [-0.05, 0) is 37.8 Å². The van der Waals surface area contributed by atoms with Gasteiger partial charge in [0.25, 0.3) is 0 Å². The summed E-state index contributed by atoms with van der Waals surface area (Å²) in [4.78, 5) is 25.5. The van der Waals surface area contributed by atoms with Crippen molar-refractivity contribution in [3.8, 4) is 11.5 Å². The van der Waals surface area contributed by atoms with Crippen LogP contribution in [0.15, 0.2) is 24.3 Å². The van der Waals surface area contributed by atoms with Gasteiger partial charge in [0.2, 0.25) is 0 Å². The number of rotatable bonds is 22. The lowest BCUT2D eigenvalue weighted by Crippen LogP contribution is -2.12. The molecule has 2 aromatic carbocycles. The molecule has 0 saturated heterocycles. The van der Waals surface area contributed by atoms with Gasteiger partial charge in [-0.2, -0.15) is 0 Å². The number of carbonyl (C=O) groups excluding carboxylic acids is 2. The lowest BCUT2D eigenvalue weighted by Gasteiger charge is -2.18. The SMILES string of the molecule is CCCCCCCCCCCC(=O)Oc1c(C)c(C)c(OC(=O)CCCCCCCCCCC)c2ccccc12. The summed E-state index contributed by atoms with van der Waals surface area (Å²) in [6.07, 6.45) is 22.7. The summed E-state index contributed by atoms with van der Waals surface area (Å²) in [6, 6.07) is 7.76. The van der Waals surface area contributed by atoms with Crippen LogP contribution in [-0.2, 0) is 9.59 Å². The topological polar surface area (TPSA) is 52.6 Å². The van der Waals surface area contributed by atoms with Gasteiger partial charge in [-0.1, -0.05) is 141 Å². The van der Waals surface area contributed by atoms with Crippen LogP contribution in [0.2, 0.25) is 0 Å². The third-order valence-corrected chi connectivity index (χ3v) is 8.06. The van der Waals surface area contributed by atoms with Crippen molar-refractivity contribution in [3.05, 3.63) is 35.4 Å². The number of unbranched alkanes of at least 4 members (excludes halogenated alkanes) is 16. The largest absolute Gasteiger partial charge is 0.426 e. The molecule has 40 heavy (non-hydrogen) atoms. The van der Waals surface area contributed by atoms with Gasteiger partial charge in [0.05, 0.1) is 0 Å². The van der Waals surface area contributed by atoms with Crippen LogP contribution in [0.1, 0.15) is 153 Å². The molecule has 0 spiro atoms. The molecule has 2 rings (SSSR count). The molecule has 4 heteroatoms. The molecule has 0 saturated carbocycles. The van der Waals surface area contributed by atoms with Gasteiger partial charge >= 0.3 is 11.9 Å². The van der Waals surface area contributed by atoms with Crippen LogP contribution in [0.3, 0.4) is 0 Å². The maximum Gasteiger partial charge on any atom is 0.311 e. The first kappa shape index (κ1) is 33.8. The lowest BCUT2D eigenvalue weighted by molar-refractivity contribution is -0.135. The van der Waals surface area contributed by atoms with Gasteiger partial charge in [0.1, 0.15) is 11.5 Å². The molecule has 2 aromatic rings. The molecule has 0 aliphatic heterocycles. The van der Waals surface area contributed by atoms with E-state index in [1.165, 1.54) is 89.9 Å². The maximum absolute atomic E-state index is 12.7. The average Bonchev–Trinajstić information content (AvgIpc) is 2.95. The van der Waals surface area contributed by atoms with E-state index in [1.807, 2.05) is 38.1 Å². The third-order valence-electron chi connectivity index (χ3n) is 8.06.